The number of carbonyl (C=O) groups is 2. The number of thioether (sulfide) groups is 1. The van der Waals surface area contributed by atoms with Gasteiger partial charge in [0.15, 0.2) is 5.16 Å². The van der Waals surface area contributed by atoms with Gasteiger partial charge in [0.1, 0.15) is 5.82 Å². The van der Waals surface area contributed by atoms with Gasteiger partial charge < -0.3 is 15.2 Å². The van der Waals surface area contributed by atoms with Gasteiger partial charge in [-0.25, -0.2) is 0 Å². The van der Waals surface area contributed by atoms with E-state index < -0.39 is 0 Å². The molecule has 150 valence electrons. The zero-order valence-electron chi connectivity index (χ0n) is 16.0. The summed E-state index contributed by atoms with van der Waals surface area (Å²) in [4.78, 5) is 24.4. The van der Waals surface area contributed by atoms with Gasteiger partial charge in [0, 0.05) is 23.4 Å². The van der Waals surface area contributed by atoms with Gasteiger partial charge in [-0.15, -0.1) is 10.2 Å². The predicted octanol–water partition coefficient (Wildman–Crippen LogP) is 3.69. The zero-order chi connectivity index (χ0) is 20.8. The number of hydrogen-bond donors (Lipinski definition) is 2. The monoisotopic (exact) mass is 429 g/mol. The number of para-hydroxylation sites is 1. The lowest BCUT2D eigenvalue weighted by atomic mass is 10.2. The van der Waals surface area contributed by atoms with Gasteiger partial charge in [-0.2, -0.15) is 0 Å². The quantitative estimate of drug-likeness (QED) is 0.559. The van der Waals surface area contributed by atoms with E-state index in [-0.39, 0.29) is 24.0 Å². The van der Waals surface area contributed by atoms with Crippen molar-refractivity contribution >= 4 is 46.6 Å². The molecule has 29 heavy (non-hydrogen) atoms. The van der Waals surface area contributed by atoms with Crippen molar-refractivity contribution < 1.29 is 9.59 Å². The largest absolute Gasteiger partial charge is 0.325 e. The standard InChI is InChI=1S/C20H20ClN5O2S/c1-13-5-3-4-6-16(13)23-18(27)11-17-24-25-20(26(17)2)29-12-19(28)22-15-9-7-14(21)8-10-15/h3-10H,11-12H2,1-2H3,(H,22,28)(H,23,27). The van der Waals surface area contributed by atoms with E-state index >= 15 is 0 Å². The Morgan fingerprint density at radius 2 is 1.76 bits per heavy atom. The lowest BCUT2D eigenvalue weighted by molar-refractivity contribution is -0.116. The number of aromatic nitrogens is 3. The van der Waals surface area contributed by atoms with E-state index in [0.29, 0.717) is 21.7 Å². The molecule has 0 aliphatic carbocycles. The van der Waals surface area contributed by atoms with Crippen LogP contribution in [-0.4, -0.2) is 32.3 Å². The van der Waals surface area contributed by atoms with Crippen LogP contribution >= 0.6 is 23.4 Å². The summed E-state index contributed by atoms with van der Waals surface area (Å²) in [7, 11) is 1.77. The highest BCUT2D eigenvalue weighted by Gasteiger charge is 2.15. The molecular formula is C20H20ClN5O2S. The highest BCUT2D eigenvalue weighted by molar-refractivity contribution is 7.99. The van der Waals surface area contributed by atoms with Gasteiger partial charge in [-0.05, 0) is 42.8 Å². The number of nitrogens with one attached hydrogen (secondary N) is 2. The maximum absolute atomic E-state index is 12.3. The Hall–Kier alpha value is -2.84. The molecule has 0 aliphatic rings. The number of rotatable bonds is 7. The second kappa shape index (κ2) is 9.58. The molecule has 2 amide bonds. The van der Waals surface area contributed by atoms with Gasteiger partial charge in [-0.3, -0.25) is 9.59 Å². The fourth-order valence-corrected chi connectivity index (χ4v) is 3.39. The van der Waals surface area contributed by atoms with E-state index in [4.69, 9.17) is 11.6 Å². The van der Waals surface area contributed by atoms with Crippen LogP contribution in [0.3, 0.4) is 0 Å². The van der Waals surface area contributed by atoms with Crippen molar-refractivity contribution in [1.29, 1.82) is 0 Å². The van der Waals surface area contributed by atoms with Gasteiger partial charge in [0.25, 0.3) is 0 Å². The zero-order valence-corrected chi connectivity index (χ0v) is 17.5. The molecule has 3 rings (SSSR count). The highest BCUT2D eigenvalue weighted by atomic mass is 35.5. The molecule has 2 aromatic carbocycles. The Labute approximate surface area is 177 Å². The molecule has 2 N–H and O–H groups in total. The predicted molar refractivity (Wildman–Crippen MR) is 115 cm³/mol. The first-order valence-electron chi connectivity index (χ1n) is 8.84. The SMILES string of the molecule is Cc1ccccc1NC(=O)Cc1nnc(SCC(=O)Nc2ccc(Cl)cc2)n1C. The summed E-state index contributed by atoms with van der Waals surface area (Å²) in [5.41, 5.74) is 2.43. The molecule has 9 heteroatoms. The third kappa shape index (κ3) is 5.82. The minimum absolute atomic E-state index is 0.0926. The lowest BCUT2D eigenvalue weighted by Gasteiger charge is -2.08. The molecule has 7 nitrogen and oxygen atoms in total. The number of halogens is 1. The Bertz CT molecular complexity index is 1020. The smallest absolute Gasteiger partial charge is 0.234 e. The van der Waals surface area contributed by atoms with Crippen LogP contribution in [0.1, 0.15) is 11.4 Å². The van der Waals surface area contributed by atoms with Crippen LogP contribution in [-0.2, 0) is 23.1 Å². The first-order chi connectivity index (χ1) is 13.9. The van der Waals surface area contributed by atoms with Crippen LogP contribution in [0.25, 0.3) is 0 Å². The van der Waals surface area contributed by atoms with Crippen LogP contribution < -0.4 is 10.6 Å². The average molecular weight is 430 g/mol. The summed E-state index contributed by atoms with van der Waals surface area (Å²) in [6, 6.07) is 14.5. The summed E-state index contributed by atoms with van der Waals surface area (Å²) in [5, 5.41) is 15.0. The normalized spacial score (nSPS) is 10.6. The van der Waals surface area contributed by atoms with Gasteiger partial charge in [0.2, 0.25) is 11.8 Å². The molecule has 0 saturated carbocycles. The Balaban J connectivity index is 1.53. The molecule has 0 unspecified atom stereocenters. The van der Waals surface area contributed by atoms with Crippen molar-refractivity contribution in [2.75, 3.05) is 16.4 Å². The molecule has 1 heterocycles. The summed E-state index contributed by atoms with van der Waals surface area (Å²) in [6.45, 7) is 1.93. The third-order valence-corrected chi connectivity index (χ3v) is 5.40. The molecule has 0 bridgehead atoms. The van der Waals surface area contributed by atoms with Crippen molar-refractivity contribution in [2.24, 2.45) is 7.05 Å². The van der Waals surface area contributed by atoms with E-state index in [0.717, 1.165) is 11.3 Å². The Morgan fingerprint density at radius 3 is 2.48 bits per heavy atom. The number of nitrogens with zero attached hydrogens (tertiary/aromatic N) is 3. The first kappa shape index (κ1) is 20.9. The molecule has 0 aliphatic heterocycles. The van der Waals surface area contributed by atoms with Crippen LogP contribution in [0.2, 0.25) is 5.02 Å². The molecule has 0 atom stereocenters. The Morgan fingerprint density at radius 1 is 1.03 bits per heavy atom. The number of carbonyl (C=O) groups excluding carboxylic acids is 2. The first-order valence-corrected chi connectivity index (χ1v) is 10.2. The second-order valence-corrected chi connectivity index (χ2v) is 7.72. The number of anilines is 2. The maximum Gasteiger partial charge on any atom is 0.234 e. The van der Waals surface area contributed by atoms with Crippen LogP contribution in [0, 0.1) is 6.92 Å². The van der Waals surface area contributed by atoms with Crippen molar-refractivity contribution in [1.82, 2.24) is 14.8 Å². The fraction of sp³-hybridized carbons (Fsp3) is 0.200. The number of aryl methyl sites for hydroxylation is 1. The molecular weight excluding hydrogens is 410 g/mol. The maximum atomic E-state index is 12.3. The van der Waals surface area contributed by atoms with Crippen molar-refractivity contribution in [3.8, 4) is 0 Å². The number of amides is 2. The topological polar surface area (TPSA) is 88.9 Å². The van der Waals surface area contributed by atoms with E-state index in [2.05, 4.69) is 20.8 Å². The fourth-order valence-electron chi connectivity index (χ4n) is 2.54. The minimum atomic E-state index is -0.174. The molecule has 0 spiro atoms. The van der Waals surface area contributed by atoms with E-state index in [1.807, 2.05) is 31.2 Å². The molecule has 0 radical (unpaired) electrons. The average Bonchev–Trinajstić information content (AvgIpc) is 3.03. The van der Waals surface area contributed by atoms with E-state index in [9.17, 15) is 9.59 Å². The Kier molecular flexibility index (Phi) is 6.90. The summed E-state index contributed by atoms with van der Waals surface area (Å²) >= 11 is 7.09. The second-order valence-electron chi connectivity index (χ2n) is 6.34. The lowest BCUT2D eigenvalue weighted by Crippen LogP contribution is -2.17. The molecule has 0 fully saturated rings. The van der Waals surface area contributed by atoms with Gasteiger partial charge in [0.05, 0.1) is 12.2 Å². The van der Waals surface area contributed by atoms with Crippen LogP contribution in [0.5, 0.6) is 0 Å². The van der Waals surface area contributed by atoms with Crippen LogP contribution in [0.15, 0.2) is 53.7 Å². The molecule has 3 aromatic rings. The summed E-state index contributed by atoms with van der Waals surface area (Å²) in [6.07, 6.45) is 0.0926. The van der Waals surface area contributed by atoms with E-state index in [1.165, 1.54) is 11.8 Å². The number of benzene rings is 2. The van der Waals surface area contributed by atoms with Gasteiger partial charge >= 0.3 is 0 Å². The van der Waals surface area contributed by atoms with Crippen LogP contribution in [0.4, 0.5) is 11.4 Å². The van der Waals surface area contributed by atoms with E-state index in [1.54, 1.807) is 35.9 Å². The third-order valence-electron chi connectivity index (χ3n) is 4.12. The molecule has 0 saturated heterocycles. The molecule has 1 aromatic heterocycles. The highest BCUT2D eigenvalue weighted by Crippen LogP contribution is 2.18. The summed E-state index contributed by atoms with van der Waals surface area (Å²) < 4.78 is 1.72. The minimum Gasteiger partial charge on any atom is -0.325 e. The van der Waals surface area contributed by atoms with Crippen molar-refractivity contribution in [3.05, 3.63) is 64.9 Å². The van der Waals surface area contributed by atoms with Gasteiger partial charge in [-0.1, -0.05) is 41.6 Å². The van der Waals surface area contributed by atoms with Crippen molar-refractivity contribution in [2.45, 2.75) is 18.5 Å². The summed E-state index contributed by atoms with van der Waals surface area (Å²) in [5.74, 6) is 0.354. The van der Waals surface area contributed by atoms with Crippen molar-refractivity contribution in [3.63, 3.8) is 0 Å². The number of hydrogen-bond acceptors (Lipinski definition) is 5.